The standard InChI is InChI=1S/C16H20/c1-13-7-4-5-9-15(13)14-8-6-11-16(2,3)12-10-14/h4-7,9H,10-12H2,1-3H3. The van der Waals surface area contributed by atoms with Crippen molar-refractivity contribution in [1.82, 2.24) is 0 Å². The third-order valence-electron chi connectivity index (χ3n) is 3.45. The zero-order valence-electron chi connectivity index (χ0n) is 10.5. The lowest BCUT2D eigenvalue weighted by Gasteiger charge is -2.21. The molecule has 0 N–H and O–H groups in total. The van der Waals surface area contributed by atoms with Crippen LogP contribution >= 0.6 is 0 Å². The first kappa shape index (κ1) is 11.2. The van der Waals surface area contributed by atoms with Crippen molar-refractivity contribution in [3.8, 4) is 0 Å². The SMILES string of the molecule is Cc1ccccc1C1=C=CCC(C)(C)CC1. The van der Waals surface area contributed by atoms with Gasteiger partial charge >= 0.3 is 0 Å². The second-order valence-electron chi connectivity index (χ2n) is 5.51. The summed E-state index contributed by atoms with van der Waals surface area (Å²) in [7, 11) is 0. The minimum atomic E-state index is 0.428. The summed E-state index contributed by atoms with van der Waals surface area (Å²) < 4.78 is 0. The summed E-state index contributed by atoms with van der Waals surface area (Å²) in [5.74, 6) is 0. The Balaban J connectivity index is 2.31. The van der Waals surface area contributed by atoms with Gasteiger partial charge in [-0.15, -0.1) is 5.73 Å². The Labute approximate surface area is 98.7 Å². The fraction of sp³-hybridized carbons (Fsp3) is 0.438. The normalized spacial score (nSPS) is 19.1. The Hall–Kier alpha value is -1.26. The third-order valence-corrected chi connectivity index (χ3v) is 3.45. The molecule has 1 aliphatic carbocycles. The molecule has 0 aromatic heterocycles. The molecule has 0 fully saturated rings. The summed E-state index contributed by atoms with van der Waals surface area (Å²) in [6.45, 7) is 6.86. The molecule has 0 heteroatoms. The highest BCUT2D eigenvalue weighted by atomic mass is 14.2. The molecule has 0 aliphatic heterocycles. The van der Waals surface area contributed by atoms with Crippen molar-refractivity contribution in [2.75, 3.05) is 0 Å². The summed E-state index contributed by atoms with van der Waals surface area (Å²) in [4.78, 5) is 0. The van der Waals surface area contributed by atoms with Gasteiger partial charge in [0, 0.05) is 5.57 Å². The number of benzene rings is 1. The fourth-order valence-corrected chi connectivity index (χ4v) is 2.21. The van der Waals surface area contributed by atoms with Crippen LogP contribution in [0.4, 0.5) is 0 Å². The first-order valence-electron chi connectivity index (χ1n) is 6.08. The molecule has 0 atom stereocenters. The van der Waals surface area contributed by atoms with Crippen LogP contribution in [-0.4, -0.2) is 0 Å². The molecule has 0 spiro atoms. The van der Waals surface area contributed by atoms with Gasteiger partial charge in [-0.2, -0.15) is 0 Å². The molecule has 0 saturated carbocycles. The van der Waals surface area contributed by atoms with E-state index in [4.69, 9.17) is 0 Å². The molecule has 16 heavy (non-hydrogen) atoms. The van der Waals surface area contributed by atoms with Crippen LogP contribution in [0.1, 0.15) is 44.2 Å². The Morgan fingerprint density at radius 3 is 2.69 bits per heavy atom. The maximum atomic E-state index is 3.49. The van der Waals surface area contributed by atoms with Crippen LogP contribution in [-0.2, 0) is 0 Å². The van der Waals surface area contributed by atoms with Gasteiger partial charge in [-0.05, 0) is 48.8 Å². The Morgan fingerprint density at radius 2 is 1.94 bits per heavy atom. The summed E-state index contributed by atoms with van der Waals surface area (Å²) in [5.41, 5.74) is 8.02. The van der Waals surface area contributed by atoms with Crippen LogP contribution in [0.2, 0.25) is 0 Å². The van der Waals surface area contributed by atoms with Crippen molar-refractivity contribution in [1.29, 1.82) is 0 Å². The highest BCUT2D eigenvalue weighted by Crippen LogP contribution is 2.34. The van der Waals surface area contributed by atoms with E-state index in [1.54, 1.807) is 0 Å². The number of aryl methyl sites for hydroxylation is 1. The van der Waals surface area contributed by atoms with E-state index in [1.807, 2.05) is 0 Å². The summed E-state index contributed by atoms with van der Waals surface area (Å²) >= 11 is 0. The number of rotatable bonds is 1. The van der Waals surface area contributed by atoms with Gasteiger partial charge < -0.3 is 0 Å². The molecule has 0 unspecified atom stereocenters. The molecule has 0 radical (unpaired) electrons. The fourth-order valence-electron chi connectivity index (χ4n) is 2.21. The van der Waals surface area contributed by atoms with Gasteiger partial charge in [0.05, 0.1) is 0 Å². The van der Waals surface area contributed by atoms with Gasteiger partial charge in [-0.3, -0.25) is 0 Å². The topological polar surface area (TPSA) is 0 Å². The van der Waals surface area contributed by atoms with E-state index in [0.717, 1.165) is 12.8 Å². The molecule has 0 bridgehead atoms. The highest BCUT2D eigenvalue weighted by molar-refractivity contribution is 5.67. The van der Waals surface area contributed by atoms with Crippen molar-refractivity contribution >= 4 is 5.57 Å². The zero-order valence-corrected chi connectivity index (χ0v) is 10.5. The van der Waals surface area contributed by atoms with Gasteiger partial charge in [0.1, 0.15) is 0 Å². The molecule has 0 nitrogen and oxygen atoms in total. The van der Waals surface area contributed by atoms with E-state index in [1.165, 1.54) is 23.1 Å². The Bertz CT molecular complexity index is 443. The molecule has 1 aliphatic rings. The maximum absolute atomic E-state index is 3.49. The zero-order chi connectivity index (χ0) is 11.6. The lowest BCUT2D eigenvalue weighted by Crippen LogP contribution is -2.08. The van der Waals surface area contributed by atoms with E-state index >= 15 is 0 Å². The predicted octanol–water partition coefficient (Wildman–Crippen LogP) is 4.74. The van der Waals surface area contributed by atoms with Crippen LogP contribution in [0.3, 0.4) is 0 Å². The third kappa shape index (κ3) is 2.46. The lowest BCUT2D eigenvalue weighted by molar-refractivity contribution is 0.347. The largest absolute Gasteiger partial charge is 0.121 e. The van der Waals surface area contributed by atoms with Gasteiger partial charge in [0.15, 0.2) is 0 Å². The summed E-state index contributed by atoms with van der Waals surface area (Å²) in [6.07, 6.45) is 5.76. The van der Waals surface area contributed by atoms with Crippen molar-refractivity contribution in [3.63, 3.8) is 0 Å². The molecule has 1 aromatic rings. The minimum absolute atomic E-state index is 0.428. The van der Waals surface area contributed by atoms with Crippen molar-refractivity contribution in [3.05, 3.63) is 47.2 Å². The van der Waals surface area contributed by atoms with E-state index in [9.17, 15) is 0 Å². The summed E-state index contributed by atoms with van der Waals surface area (Å²) in [6, 6.07) is 8.61. The van der Waals surface area contributed by atoms with Gasteiger partial charge in [-0.1, -0.05) is 38.1 Å². The molecule has 84 valence electrons. The molecule has 2 rings (SSSR count). The van der Waals surface area contributed by atoms with Crippen LogP contribution in [0.15, 0.2) is 36.1 Å². The first-order valence-corrected chi connectivity index (χ1v) is 6.08. The second kappa shape index (κ2) is 4.31. The molecule has 0 saturated heterocycles. The lowest BCUT2D eigenvalue weighted by atomic mass is 9.84. The van der Waals surface area contributed by atoms with Crippen LogP contribution in [0.25, 0.3) is 5.57 Å². The molecular weight excluding hydrogens is 192 g/mol. The molecule has 1 aromatic carbocycles. The van der Waals surface area contributed by atoms with Crippen LogP contribution < -0.4 is 0 Å². The van der Waals surface area contributed by atoms with Crippen molar-refractivity contribution < 1.29 is 0 Å². The first-order chi connectivity index (χ1) is 7.58. The minimum Gasteiger partial charge on any atom is -0.121 e. The van der Waals surface area contributed by atoms with E-state index in [-0.39, 0.29) is 0 Å². The van der Waals surface area contributed by atoms with Crippen LogP contribution in [0, 0.1) is 12.3 Å². The predicted molar refractivity (Wildman–Crippen MR) is 70.3 cm³/mol. The molecular formula is C16H20. The van der Waals surface area contributed by atoms with Crippen LogP contribution in [0.5, 0.6) is 0 Å². The van der Waals surface area contributed by atoms with E-state index in [0.29, 0.717) is 5.41 Å². The summed E-state index contributed by atoms with van der Waals surface area (Å²) in [5, 5.41) is 0. The van der Waals surface area contributed by atoms with E-state index in [2.05, 4.69) is 56.8 Å². The number of hydrogen-bond donors (Lipinski definition) is 0. The molecule has 0 amide bonds. The Morgan fingerprint density at radius 1 is 1.19 bits per heavy atom. The average Bonchev–Trinajstić information content (AvgIpc) is 2.40. The highest BCUT2D eigenvalue weighted by Gasteiger charge is 2.19. The quantitative estimate of drug-likeness (QED) is 0.590. The number of allylic oxidation sites excluding steroid dienone is 1. The number of hydrogen-bond acceptors (Lipinski definition) is 0. The van der Waals surface area contributed by atoms with Gasteiger partial charge in [0.2, 0.25) is 0 Å². The Kier molecular flexibility index (Phi) is 3.03. The second-order valence-corrected chi connectivity index (χ2v) is 5.51. The van der Waals surface area contributed by atoms with Crippen molar-refractivity contribution in [2.24, 2.45) is 5.41 Å². The average molecular weight is 212 g/mol. The van der Waals surface area contributed by atoms with Crippen molar-refractivity contribution in [2.45, 2.75) is 40.0 Å². The van der Waals surface area contributed by atoms with Gasteiger partial charge in [0.25, 0.3) is 0 Å². The molecule has 0 heterocycles. The smallest absolute Gasteiger partial charge is 0.00115 e. The monoisotopic (exact) mass is 212 g/mol. The maximum Gasteiger partial charge on any atom is 0.00115 e. The van der Waals surface area contributed by atoms with Gasteiger partial charge in [-0.25, -0.2) is 0 Å². The van der Waals surface area contributed by atoms with E-state index < -0.39 is 0 Å².